The Hall–Kier alpha value is -1.56. The van der Waals surface area contributed by atoms with E-state index in [-0.39, 0.29) is 12.4 Å². The third kappa shape index (κ3) is 3.74. The van der Waals surface area contributed by atoms with Crippen LogP contribution in [0.25, 0.3) is 0 Å². The number of aliphatic hydroxyl groups excluding tert-OH is 2. The average molecular weight is 342 g/mol. The summed E-state index contributed by atoms with van der Waals surface area (Å²) in [6.07, 6.45) is -2.82. The first-order valence-electron chi connectivity index (χ1n) is 7.80. The zero-order valence-electron chi connectivity index (χ0n) is 13.2. The predicted octanol–water partition coefficient (Wildman–Crippen LogP) is -2.25. The van der Waals surface area contributed by atoms with Crippen molar-refractivity contribution < 1.29 is 24.4 Å². The van der Waals surface area contributed by atoms with Crippen molar-refractivity contribution in [2.24, 2.45) is 0 Å². The molecule has 2 saturated heterocycles. The highest BCUT2D eigenvalue weighted by Gasteiger charge is 2.44. The number of hydrogen-bond donors (Lipinski definition) is 3. The number of aliphatic hydroxyl groups is 2. The number of hydrogen-bond acceptors (Lipinski definition) is 9. The molecule has 0 spiro atoms. The second-order valence-electron chi connectivity index (χ2n) is 5.82. The fourth-order valence-corrected chi connectivity index (χ4v) is 2.74. The Morgan fingerprint density at radius 1 is 1.33 bits per heavy atom. The van der Waals surface area contributed by atoms with Crippen molar-refractivity contribution in [1.82, 2.24) is 14.5 Å². The molecule has 0 saturated carbocycles. The lowest BCUT2D eigenvalue weighted by Gasteiger charge is -2.26. The molecule has 0 radical (unpaired) electrons. The van der Waals surface area contributed by atoms with Gasteiger partial charge in [0.05, 0.1) is 26.6 Å². The largest absolute Gasteiger partial charge is 0.387 e. The number of rotatable bonds is 5. The molecule has 2 fully saturated rings. The van der Waals surface area contributed by atoms with Gasteiger partial charge in [-0.1, -0.05) is 0 Å². The van der Waals surface area contributed by atoms with E-state index in [0.29, 0.717) is 19.9 Å². The molecule has 3 heterocycles. The molecule has 4 N–H and O–H groups in total. The number of nitrogens with zero attached hydrogens (tertiary/aromatic N) is 3. The molecular weight excluding hydrogens is 320 g/mol. The van der Waals surface area contributed by atoms with Gasteiger partial charge < -0.3 is 30.2 Å². The lowest BCUT2D eigenvalue weighted by molar-refractivity contribution is -0.0933. The first-order chi connectivity index (χ1) is 11.6. The van der Waals surface area contributed by atoms with Crippen LogP contribution in [0.3, 0.4) is 0 Å². The molecule has 10 nitrogen and oxygen atoms in total. The number of ether oxygens (including phenoxy) is 3. The van der Waals surface area contributed by atoms with Gasteiger partial charge in [0, 0.05) is 19.3 Å². The zero-order valence-corrected chi connectivity index (χ0v) is 13.2. The van der Waals surface area contributed by atoms with Crippen molar-refractivity contribution in [3.63, 3.8) is 0 Å². The van der Waals surface area contributed by atoms with E-state index in [1.54, 1.807) is 0 Å². The van der Waals surface area contributed by atoms with Gasteiger partial charge in [0.25, 0.3) is 0 Å². The maximum absolute atomic E-state index is 11.9. The second kappa shape index (κ2) is 7.55. The van der Waals surface area contributed by atoms with Crippen molar-refractivity contribution in [2.45, 2.75) is 24.5 Å². The van der Waals surface area contributed by atoms with Crippen molar-refractivity contribution >= 4 is 5.82 Å². The van der Waals surface area contributed by atoms with Gasteiger partial charge in [-0.05, 0) is 6.07 Å². The summed E-state index contributed by atoms with van der Waals surface area (Å²) in [4.78, 5) is 17.5. The molecule has 2 aliphatic rings. The molecule has 0 unspecified atom stereocenters. The molecule has 0 aromatic carbocycles. The van der Waals surface area contributed by atoms with Crippen LogP contribution in [0.15, 0.2) is 17.1 Å². The van der Waals surface area contributed by atoms with E-state index in [2.05, 4.69) is 9.88 Å². The van der Waals surface area contributed by atoms with E-state index < -0.39 is 30.2 Å². The second-order valence-corrected chi connectivity index (χ2v) is 5.82. The predicted molar refractivity (Wildman–Crippen MR) is 82.0 cm³/mol. The molecule has 10 heteroatoms. The van der Waals surface area contributed by atoms with Gasteiger partial charge in [-0.15, -0.1) is 0 Å². The number of nitrogen functional groups attached to an aromatic ring is 1. The third-order valence-corrected chi connectivity index (χ3v) is 4.12. The van der Waals surface area contributed by atoms with Crippen LogP contribution >= 0.6 is 0 Å². The van der Waals surface area contributed by atoms with Crippen LogP contribution in [-0.4, -0.2) is 82.6 Å². The van der Waals surface area contributed by atoms with Gasteiger partial charge in [-0.3, -0.25) is 9.47 Å². The van der Waals surface area contributed by atoms with Gasteiger partial charge in [0.2, 0.25) is 0 Å². The summed E-state index contributed by atoms with van der Waals surface area (Å²) in [5.41, 5.74) is 4.79. The highest BCUT2D eigenvalue weighted by Crippen LogP contribution is 2.28. The van der Waals surface area contributed by atoms with Crippen LogP contribution in [0.2, 0.25) is 0 Å². The first-order valence-corrected chi connectivity index (χ1v) is 7.80. The van der Waals surface area contributed by atoms with Crippen LogP contribution in [0.5, 0.6) is 0 Å². The van der Waals surface area contributed by atoms with Gasteiger partial charge >= 0.3 is 5.69 Å². The third-order valence-electron chi connectivity index (χ3n) is 4.12. The summed E-state index contributed by atoms with van der Waals surface area (Å²) in [5, 5.41) is 20.3. The average Bonchev–Trinajstić information content (AvgIpc) is 2.84. The lowest BCUT2D eigenvalue weighted by atomic mass is 10.1. The Balaban J connectivity index is 1.57. The molecule has 0 amide bonds. The fraction of sp³-hybridized carbons (Fsp3) is 0.714. The molecule has 0 aliphatic carbocycles. The minimum absolute atomic E-state index is 0.0784. The Morgan fingerprint density at radius 2 is 2.08 bits per heavy atom. The minimum Gasteiger partial charge on any atom is -0.387 e. The highest BCUT2D eigenvalue weighted by molar-refractivity contribution is 5.23. The minimum atomic E-state index is -1.26. The number of anilines is 1. The maximum atomic E-state index is 11.9. The molecule has 4 atom stereocenters. The number of nitrogens with two attached hydrogens (primary N) is 1. The molecule has 1 aromatic heterocycles. The van der Waals surface area contributed by atoms with Crippen LogP contribution < -0.4 is 11.4 Å². The number of morpholine rings is 1. The summed E-state index contributed by atoms with van der Waals surface area (Å²) in [6.45, 7) is 3.39. The summed E-state index contributed by atoms with van der Waals surface area (Å²) < 4.78 is 17.5. The zero-order chi connectivity index (χ0) is 17.1. The summed E-state index contributed by atoms with van der Waals surface area (Å²) >= 11 is 0. The summed E-state index contributed by atoms with van der Waals surface area (Å²) in [7, 11) is 0. The summed E-state index contributed by atoms with van der Waals surface area (Å²) in [5.74, 6) is 0.0784. The van der Waals surface area contributed by atoms with E-state index >= 15 is 0 Å². The molecular formula is C14H22N4O6. The van der Waals surface area contributed by atoms with Crippen LogP contribution in [0.1, 0.15) is 6.23 Å². The Morgan fingerprint density at radius 3 is 2.79 bits per heavy atom. The smallest absolute Gasteiger partial charge is 0.351 e. The van der Waals surface area contributed by atoms with Crippen LogP contribution in [-0.2, 0) is 14.2 Å². The topological polar surface area (TPSA) is 132 Å². The lowest BCUT2D eigenvalue weighted by Crippen LogP contribution is -2.39. The van der Waals surface area contributed by atoms with Crippen molar-refractivity contribution in [3.05, 3.63) is 22.7 Å². The normalized spacial score (nSPS) is 31.4. The van der Waals surface area contributed by atoms with Crippen LogP contribution in [0.4, 0.5) is 5.82 Å². The maximum Gasteiger partial charge on any atom is 0.351 e. The van der Waals surface area contributed by atoms with Crippen LogP contribution in [0, 0.1) is 0 Å². The van der Waals surface area contributed by atoms with Gasteiger partial charge in [0.15, 0.2) is 6.23 Å². The van der Waals surface area contributed by atoms with E-state index in [1.165, 1.54) is 12.3 Å². The van der Waals surface area contributed by atoms with Crippen molar-refractivity contribution in [3.8, 4) is 0 Å². The quantitative estimate of drug-likeness (QED) is 0.543. The van der Waals surface area contributed by atoms with E-state index in [0.717, 1.165) is 17.7 Å². The SMILES string of the molecule is Nc1ccn([C@@H]2O[C@H](COCN3CCOCC3)[C@@H](O)[C@H]2O)c(=O)n1. The van der Waals surface area contributed by atoms with Gasteiger partial charge in [0.1, 0.15) is 24.1 Å². The molecule has 0 bridgehead atoms. The Bertz CT molecular complexity index is 605. The Labute approximate surface area is 138 Å². The van der Waals surface area contributed by atoms with E-state index in [1.807, 2.05) is 0 Å². The van der Waals surface area contributed by atoms with Gasteiger partial charge in [-0.25, -0.2) is 4.79 Å². The molecule has 134 valence electrons. The Kier molecular flexibility index (Phi) is 5.43. The summed E-state index contributed by atoms with van der Waals surface area (Å²) in [6, 6.07) is 1.42. The van der Waals surface area contributed by atoms with Gasteiger partial charge in [-0.2, -0.15) is 4.98 Å². The monoisotopic (exact) mass is 342 g/mol. The molecule has 3 rings (SSSR count). The fourth-order valence-electron chi connectivity index (χ4n) is 2.74. The first kappa shape index (κ1) is 17.3. The highest BCUT2D eigenvalue weighted by atomic mass is 16.6. The van der Waals surface area contributed by atoms with Crippen molar-refractivity contribution in [2.75, 3.05) is 45.4 Å². The van der Waals surface area contributed by atoms with E-state index in [4.69, 9.17) is 19.9 Å². The number of aromatic nitrogens is 2. The van der Waals surface area contributed by atoms with E-state index in [9.17, 15) is 15.0 Å². The molecule has 1 aromatic rings. The van der Waals surface area contributed by atoms with Crippen molar-refractivity contribution in [1.29, 1.82) is 0 Å². The standard InChI is InChI=1S/C14H22N4O6/c15-10-1-2-18(14(21)16-10)13-12(20)11(19)9(24-13)7-23-8-17-3-5-22-6-4-17/h1-2,9,11-13,19-20H,3-8H2,(H2,15,16,21)/t9-,11-,12-,13-/m1/s1. The molecule has 24 heavy (non-hydrogen) atoms. The molecule has 2 aliphatic heterocycles.